The van der Waals surface area contributed by atoms with Crippen LogP contribution < -0.4 is 5.32 Å². The van der Waals surface area contributed by atoms with E-state index in [1.807, 2.05) is 96.1 Å². The number of carbonyl (C=O) groups is 2. The quantitative estimate of drug-likeness (QED) is 0.147. The van der Waals surface area contributed by atoms with Crippen molar-refractivity contribution in [2.75, 3.05) is 13.2 Å². The average molecular weight is 660 g/mol. The Hall–Kier alpha value is -3.15. The van der Waals surface area contributed by atoms with E-state index in [-0.39, 0.29) is 18.4 Å². The van der Waals surface area contributed by atoms with Crippen molar-refractivity contribution < 1.29 is 19.1 Å². The van der Waals surface area contributed by atoms with Gasteiger partial charge in [-0.1, -0.05) is 130 Å². The van der Waals surface area contributed by atoms with E-state index in [1.165, 1.54) is 50.5 Å². The Labute approximate surface area is 287 Å². The summed E-state index contributed by atoms with van der Waals surface area (Å²) in [7, 11) is 0. The number of rotatable bonds is 13. The molecule has 1 N–H and O–H groups in total. The van der Waals surface area contributed by atoms with E-state index in [9.17, 15) is 9.59 Å². The number of amides is 1. The number of benzene rings is 3. The molecule has 0 radical (unpaired) electrons. The third-order valence-corrected chi connectivity index (χ3v) is 9.83. The summed E-state index contributed by atoms with van der Waals surface area (Å²) >= 11 is 6.96. The molecule has 0 aromatic heterocycles. The van der Waals surface area contributed by atoms with Gasteiger partial charge in [0, 0.05) is 34.2 Å². The van der Waals surface area contributed by atoms with Crippen molar-refractivity contribution in [3.63, 3.8) is 0 Å². The van der Waals surface area contributed by atoms with Crippen molar-refractivity contribution in [1.29, 1.82) is 0 Å². The topological polar surface area (TPSA) is 64.6 Å². The Bertz CT molecular complexity index is 1440. The number of esters is 1. The second-order valence-electron chi connectivity index (χ2n) is 14.7. The van der Waals surface area contributed by atoms with Gasteiger partial charge < -0.3 is 14.8 Å². The van der Waals surface area contributed by atoms with Gasteiger partial charge in [0.05, 0.1) is 17.6 Å². The zero-order valence-corrected chi connectivity index (χ0v) is 30.0. The molecule has 0 saturated heterocycles. The van der Waals surface area contributed by atoms with Gasteiger partial charge in [0.15, 0.2) is 5.60 Å². The van der Waals surface area contributed by atoms with Crippen LogP contribution in [-0.4, -0.2) is 30.6 Å². The number of halogens is 1. The van der Waals surface area contributed by atoms with Crippen molar-refractivity contribution in [3.8, 4) is 0 Å². The molecule has 1 aliphatic carbocycles. The Balaban J connectivity index is 1.67. The molecular formula is C41H54ClNO4. The maximum absolute atomic E-state index is 14.4. The normalized spacial score (nSPS) is 16.2. The molecule has 1 atom stereocenters. The average Bonchev–Trinajstić information content (AvgIpc) is 3.03. The third kappa shape index (κ3) is 9.48. The predicted octanol–water partition coefficient (Wildman–Crippen LogP) is 9.99. The van der Waals surface area contributed by atoms with Gasteiger partial charge in [0.25, 0.3) is 0 Å². The number of carbonyl (C=O) groups excluding carboxylic acids is 2. The van der Waals surface area contributed by atoms with Gasteiger partial charge in [-0.05, 0) is 64.5 Å². The molecule has 4 rings (SSSR count). The highest BCUT2D eigenvalue weighted by atomic mass is 35.5. The van der Waals surface area contributed by atoms with Gasteiger partial charge in [-0.3, -0.25) is 9.59 Å². The predicted molar refractivity (Wildman–Crippen MR) is 192 cm³/mol. The van der Waals surface area contributed by atoms with Crippen molar-refractivity contribution in [2.45, 2.75) is 110 Å². The molecule has 1 fully saturated rings. The largest absolute Gasteiger partial charge is 0.444 e. The second kappa shape index (κ2) is 16.3. The number of hydrogen-bond donors (Lipinski definition) is 1. The second-order valence-corrected chi connectivity index (χ2v) is 15.1. The van der Waals surface area contributed by atoms with Crippen LogP contribution in [0, 0.1) is 11.3 Å². The van der Waals surface area contributed by atoms with E-state index >= 15 is 0 Å². The lowest BCUT2D eigenvalue weighted by molar-refractivity contribution is -0.171. The zero-order valence-electron chi connectivity index (χ0n) is 29.2. The van der Waals surface area contributed by atoms with Crippen LogP contribution in [0.15, 0.2) is 78.9 Å². The molecule has 3 aromatic rings. The Morgan fingerprint density at radius 3 is 2.00 bits per heavy atom. The minimum absolute atomic E-state index is 0.0132. The molecule has 1 unspecified atom stereocenters. The van der Waals surface area contributed by atoms with Crippen LogP contribution >= 0.6 is 11.6 Å². The van der Waals surface area contributed by atoms with Crippen LogP contribution in [0.25, 0.3) is 0 Å². The molecule has 1 aliphatic rings. The van der Waals surface area contributed by atoms with Crippen LogP contribution in [0.5, 0.6) is 0 Å². The molecule has 254 valence electrons. The first-order chi connectivity index (χ1) is 22.4. The molecule has 0 bridgehead atoms. The fraction of sp³-hybridized carbons (Fsp3) is 0.512. The minimum Gasteiger partial charge on any atom is -0.444 e. The molecule has 0 aliphatic heterocycles. The van der Waals surface area contributed by atoms with E-state index in [1.54, 1.807) is 0 Å². The van der Waals surface area contributed by atoms with Crippen LogP contribution in [0.1, 0.15) is 121 Å². The Kier molecular flexibility index (Phi) is 12.7. The van der Waals surface area contributed by atoms with Crippen molar-refractivity contribution in [3.05, 3.63) is 106 Å². The van der Waals surface area contributed by atoms with Crippen molar-refractivity contribution in [1.82, 2.24) is 5.32 Å². The molecule has 1 amide bonds. The summed E-state index contributed by atoms with van der Waals surface area (Å²) in [5, 5.41) is 3.48. The summed E-state index contributed by atoms with van der Waals surface area (Å²) < 4.78 is 13.1. The molecule has 1 saturated carbocycles. The van der Waals surface area contributed by atoms with Gasteiger partial charge in [-0.15, -0.1) is 0 Å². The monoisotopic (exact) mass is 659 g/mol. The van der Waals surface area contributed by atoms with Crippen LogP contribution in [0.2, 0.25) is 5.02 Å². The fourth-order valence-corrected chi connectivity index (χ4v) is 6.59. The number of nitrogens with one attached hydrogen (secondary N) is 1. The van der Waals surface area contributed by atoms with Crippen molar-refractivity contribution in [2.24, 2.45) is 11.3 Å². The molecule has 0 spiro atoms. The van der Waals surface area contributed by atoms with Gasteiger partial charge >= 0.3 is 5.97 Å². The van der Waals surface area contributed by atoms with E-state index in [0.717, 1.165) is 11.1 Å². The lowest BCUT2D eigenvalue weighted by atomic mass is 9.78. The van der Waals surface area contributed by atoms with Gasteiger partial charge in [0.2, 0.25) is 5.91 Å². The van der Waals surface area contributed by atoms with Gasteiger partial charge in [-0.25, -0.2) is 0 Å². The summed E-state index contributed by atoms with van der Waals surface area (Å²) in [6.07, 6.45) is 9.49. The molecule has 5 nitrogen and oxygen atoms in total. The van der Waals surface area contributed by atoms with Gasteiger partial charge in [-0.2, -0.15) is 0 Å². The van der Waals surface area contributed by atoms with E-state index in [2.05, 4.69) is 29.6 Å². The Morgan fingerprint density at radius 2 is 1.38 bits per heavy atom. The molecule has 0 heterocycles. The summed E-state index contributed by atoms with van der Waals surface area (Å²) in [4.78, 5) is 26.4. The van der Waals surface area contributed by atoms with Crippen molar-refractivity contribution >= 4 is 23.5 Å². The van der Waals surface area contributed by atoms with Crippen LogP contribution in [0.3, 0.4) is 0 Å². The van der Waals surface area contributed by atoms with Crippen LogP contribution in [0.4, 0.5) is 0 Å². The maximum atomic E-state index is 14.4. The zero-order chi connectivity index (χ0) is 34.1. The number of hydrogen-bond acceptors (Lipinski definition) is 4. The molecule has 6 heteroatoms. The summed E-state index contributed by atoms with van der Waals surface area (Å²) in [6.45, 7) is 12.0. The lowest BCUT2D eigenvalue weighted by Crippen LogP contribution is -2.43. The first-order valence-electron chi connectivity index (χ1n) is 17.4. The summed E-state index contributed by atoms with van der Waals surface area (Å²) in [5.41, 5.74) is 0.869. The highest BCUT2D eigenvalue weighted by Gasteiger charge is 2.45. The number of ether oxygens (including phenoxy) is 2. The first-order valence-corrected chi connectivity index (χ1v) is 17.8. The fourth-order valence-electron chi connectivity index (χ4n) is 6.32. The minimum atomic E-state index is -1.29. The molecule has 47 heavy (non-hydrogen) atoms. The first kappa shape index (κ1) is 36.7. The molecule has 3 aromatic carbocycles. The highest BCUT2D eigenvalue weighted by molar-refractivity contribution is 6.31. The SMILES string of the molecule is CC(C)C(=O)NCCC(C)(C)OCC(C)(C)C(=O)OC(c1ccccc1)(c1ccc(C2CCCCCCC2)cc1)c1ccccc1Cl. The standard InChI is InChI=1S/C41H54ClNO4/c1-30(2)37(44)43-28-27-40(5,6)46-29-39(3,4)38(45)47-41(33-19-13-10-14-20-33,35-21-15-16-22-36(35)42)34-25-23-32(24-26-34)31-17-11-8-7-9-12-18-31/h10,13-16,19-26,30-31H,7-9,11-12,17-18,27-29H2,1-6H3,(H,43,44). The summed E-state index contributed by atoms with van der Waals surface area (Å²) in [6, 6.07) is 26.2. The Morgan fingerprint density at radius 1 is 0.809 bits per heavy atom. The lowest BCUT2D eigenvalue weighted by Gasteiger charge is -2.39. The van der Waals surface area contributed by atoms with E-state index in [4.69, 9.17) is 21.1 Å². The van der Waals surface area contributed by atoms with Crippen LogP contribution in [-0.2, 0) is 24.7 Å². The highest BCUT2D eigenvalue weighted by Crippen LogP contribution is 2.45. The van der Waals surface area contributed by atoms with Gasteiger partial charge in [0.1, 0.15) is 0 Å². The smallest absolute Gasteiger partial charge is 0.315 e. The summed E-state index contributed by atoms with van der Waals surface area (Å²) in [5.74, 6) is 0.0818. The van der Waals surface area contributed by atoms with E-state index < -0.39 is 22.6 Å². The molecular weight excluding hydrogens is 606 g/mol. The third-order valence-electron chi connectivity index (χ3n) is 9.50. The maximum Gasteiger partial charge on any atom is 0.315 e. The van der Waals surface area contributed by atoms with E-state index in [0.29, 0.717) is 29.5 Å².